The van der Waals surface area contributed by atoms with Crippen LogP contribution in [0.25, 0.3) is 11.0 Å². The normalized spacial score (nSPS) is 14.3. The quantitative estimate of drug-likeness (QED) is 0.671. The molecule has 3 aromatic heterocycles. The molecule has 9 heteroatoms. The van der Waals surface area contributed by atoms with Crippen molar-refractivity contribution >= 4 is 28.7 Å². The summed E-state index contributed by atoms with van der Waals surface area (Å²) in [5.74, 6) is 0.344. The summed E-state index contributed by atoms with van der Waals surface area (Å²) in [5.41, 5.74) is 2.49. The number of nitrogens with zero attached hydrogens (tertiary/aromatic N) is 5. The molecule has 1 aliphatic rings. The largest absolute Gasteiger partial charge is 0.473 e. The van der Waals surface area contributed by atoms with Gasteiger partial charge in [-0.1, -0.05) is 0 Å². The highest BCUT2D eigenvalue weighted by atomic mass is 16.5. The molecule has 150 valence electrons. The van der Waals surface area contributed by atoms with Gasteiger partial charge in [-0.15, -0.1) is 0 Å². The smallest absolute Gasteiger partial charge is 0.410 e. The van der Waals surface area contributed by atoms with E-state index in [1.165, 1.54) is 12.0 Å². The van der Waals surface area contributed by atoms with Crippen molar-refractivity contribution in [1.29, 1.82) is 0 Å². The highest BCUT2D eigenvalue weighted by molar-refractivity contribution is 6.04. The third-order valence-corrected chi connectivity index (χ3v) is 4.86. The van der Waals surface area contributed by atoms with Crippen molar-refractivity contribution in [2.75, 3.05) is 31.6 Å². The first-order valence-electron chi connectivity index (χ1n) is 9.18. The molecule has 0 aliphatic carbocycles. The first-order valence-corrected chi connectivity index (χ1v) is 9.18. The lowest BCUT2D eigenvalue weighted by atomic mass is 10.2. The zero-order chi connectivity index (χ0) is 20.4. The molecule has 4 rings (SSSR count). The van der Waals surface area contributed by atoms with Crippen LogP contribution in [0.1, 0.15) is 5.56 Å². The van der Waals surface area contributed by atoms with Crippen molar-refractivity contribution in [2.24, 2.45) is 7.05 Å². The zero-order valence-corrected chi connectivity index (χ0v) is 16.2. The molecule has 0 radical (unpaired) electrons. The first kappa shape index (κ1) is 18.7. The molecule has 2 amide bonds. The molecule has 1 fully saturated rings. The van der Waals surface area contributed by atoms with Crippen LogP contribution in [0.3, 0.4) is 0 Å². The Morgan fingerprint density at radius 1 is 1.17 bits per heavy atom. The molecular formula is C20H21N5O4. The van der Waals surface area contributed by atoms with Crippen molar-refractivity contribution in [3.63, 3.8) is 0 Å². The van der Waals surface area contributed by atoms with Gasteiger partial charge in [0.1, 0.15) is 18.8 Å². The van der Waals surface area contributed by atoms with Gasteiger partial charge in [-0.25, -0.2) is 4.79 Å². The molecule has 3 aromatic rings. The van der Waals surface area contributed by atoms with Crippen molar-refractivity contribution < 1.29 is 19.1 Å². The summed E-state index contributed by atoms with van der Waals surface area (Å²) in [6, 6.07) is 7.47. The van der Waals surface area contributed by atoms with Crippen LogP contribution >= 0.6 is 0 Å². The first-order chi connectivity index (χ1) is 14.1. The van der Waals surface area contributed by atoms with Gasteiger partial charge in [0.2, 0.25) is 11.8 Å². The number of hydrogen-bond donors (Lipinski definition) is 0. The van der Waals surface area contributed by atoms with Crippen molar-refractivity contribution in [3.05, 3.63) is 48.4 Å². The Kier molecular flexibility index (Phi) is 5.03. The van der Waals surface area contributed by atoms with E-state index in [0.717, 1.165) is 22.3 Å². The van der Waals surface area contributed by atoms with E-state index in [1.807, 2.05) is 36.0 Å². The summed E-state index contributed by atoms with van der Waals surface area (Å²) < 4.78 is 12.4. The molecule has 1 aliphatic heterocycles. The topological polar surface area (TPSA) is 89.8 Å². The standard InChI is InChI=1S/C20H21N5O4/c1-23-11-16(25-10-9-24(12-18(25)26)20(27)28-2)15-3-4-17(22-19(15)23)29-13-14-5-7-21-8-6-14/h3-8,11H,9-10,12-13H2,1-2H3. The lowest BCUT2D eigenvalue weighted by Crippen LogP contribution is -2.52. The number of piperazine rings is 1. The molecule has 4 heterocycles. The van der Waals surface area contributed by atoms with Crippen LogP contribution in [0, 0.1) is 0 Å². The van der Waals surface area contributed by atoms with Crippen molar-refractivity contribution in [3.8, 4) is 5.88 Å². The molecular weight excluding hydrogens is 374 g/mol. The number of aryl methyl sites for hydroxylation is 1. The van der Waals surface area contributed by atoms with Crippen LogP contribution in [0.4, 0.5) is 10.5 Å². The number of carbonyl (C=O) groups is 2. The number of aromatic nitrogens is 3. The number of ether oxygens (including phenoxy) is 2. The molecule has 29 heavy (non-hydrogen) atoms. The van der Waals surface area contributed by atoms with Gasteiger partial charge >= 0.3 is 6.09 Å². The maximum absolute atomic E-state index is 12.6. The van der Waals surface area contributed by atoms with Crippen LogP contribution in [0.5, 0.6) is 5.88 Å². The second-order valence-corrected chi connectivity index (χ2v) is 6.73. The second kappa shape index (κ2) is 7.78. The average molecular weight is 395 g/mol. The number of amides is 2. The number of hydrogen-bond acceptors (Lipinski definition) is 6. The summed E-state index contributed by atoms with van der Waals surface area (Å²) in [7, 11) is 3.19. The van der Waals surface area contributed by atoms with Crippen LogP contribution < -0.4 is 9.64 Å². The molecule has 1 saturated heterocycles. The minimum atomic E-state index is -0.492. The number of carbonyl (C=O) groups excluding carboxylic acids is 2. The fourth-order valence-corrected chi connectivity index (χ4v) is 3.36. The molecule has 0 saturated carbocycles. The van der Waals surface area contributed by atoms with E-state index < -0.39 is 6.09 Å². The number of rotatable bonds is 4. The Morgan fingerprint density at radius 3 is 2.69 bits per heavy atom. The van der Waals surface area contributed by atoms with Crippen LogP contribution in [-0.2, 0) is 23.2 Å². The van der Waals surface area contributed by atoms with E-state index >= 15 is 0 Å². The van der Waals surface area contributed by atoms with Gasteiger partial charge < -0.3 is 18.9 Å². The summed E-state index contributed by atoms with van der Waals surface area (Å²) in [6.45, 7) is 1.19. The van der Waals surface area contributed by atoms with E-state index in [9.17, 15) is 9.59 Å². The average Bonchev–Trinajstić information content (AvgIpc) is 3.08. The third-order valence-electron chi connectivity index (χ3n) is 4.86. The fourth-order valence-electron chi connectivity index (χ4n) is 3.36. The Morgan fingerprint density at radius 2 is 1.97 bits per heavy atom. The monoisotopic (exact) mass is 395 g/mol. The third kappa shape index (κ3) is 3.71. The number of methoxy groups -OCH3 is 1. The number of anilines is 1. The van der Waals surface area contributed by atoms with Crippen molar-refractivity contribution in [1.82, 2.24) is 19.4 Å². The predicted octanol–water partition coefficient (Wildman–Crippen LogP) is 1.96. The fraction of sp³-hybridized carbons (Fsp3) is 0.300. The van der Waals surface area contributed by atoms with Crippen molar-refractivity contribution in [2.45, 2.75) is 6.61 Å². The van der Waals surface area contributed by atoms with Gasteiger partial charge in [-0.05, 0) is 23.8 Å². The van der Waals surface area contributed by atoms with Gasteiger partial charge in [0.05, 0.1) is 12.8 Å². The summed E-state index contributed by atoms with van der Waals surface area (Å²) in [5, 5.41) is 0.851. The highest BCUT2D eigenvalue weighted by Gasteiger charge is 2.30. The molecule has 0 spiro atoms. The maximum Gasteiger partial charge on any atom is 0.410 e. The highest BCUT2D eigenvalue weighted by Crippen LogP contribution is 2.30. The summed E-state index contributed by atoms with van der Waals surface area (Å²) >= 11 is 0. The molecule has 0 N–H and O–H groups in total. The Labute approximate surface area is 167 Å². The van der Waals surface area contributed by atoms with Gasteiger partial charge in [0, 0.05) is 50.2 Å². The van der Waals surface area contributed by atoms with E-state index in [-0.39, 0.29) is 12.5 Å². The Hall–Kier alpha value is -3.62. The minimum absolute atomic E-state index is 0.0103. The van der Waals surface area contributed by atoms with E-state index in [1.54, 1.807) is 23.4 Å². The molecule has 0 aromatic carbocycles. The maximum atomic E-state index is 12.6. The van der Waals surface area contributed by atoms with Crippen LogP contribution in [0.2, 0.25) is 0 Å². The number of fused-ring (bicyclic) bond motifs is 1. The number of pyridine rings is 2. The molecule has 0 unspecified atom stereocenters. The Balaban J connectivity index is 1.54. The lowest BCUT2D eigenvalue weighted by Gasteiger charge is -2.33. The lowest BCUT2D eigenvalue weighted by molar-refractivity contribution is -0.120. The molecule has 0 bridgehead atoms. The summed E-state index contributed by atoms with van der Waals surface area (Å²) in [6.07, 6.45) is 4.81. The van der Waals surface area contributed by atoms with Gasteiger partial charge in [-0.3, -0.25) is 14.7 Å². The van der Waals surface area contributed by atoms with Gasteiger partial charge in [0.25, 0.3) is 0 Å². The van der Waals surface area contributed by atoms with Crippen LogP contribution in [0.15, 0.2) is 42.9 Å². The SMILES string of the molecule is COC(=O)N1CCN(c2cn(C)c3nc(OCc4ccncc4)ccc23)C(=O)C1. The molecule has 9 nitrogen and oxygen atoms in total. The predicted molar refractivity (Wildman–Crippen MR) is 106 cm³/mol. The summed E-state index contributed by atoms with van der Waals surface area (Å²) in [4.78, 5) is 36.0. The van der Waals surface area contributed by atoms with E-state index in [4.69, 9.17) is 9.47 Å². The van der Waals surface area contributed by atoms with E-state index in [2.05, 4.69) is 9.97 Å². The van der Waals surface area contributed by atoms with E-state index in [0.29, 0.717) is 25.6 Å². The molecule has 0 atom stereocenters. The Bertz CT molecular complexity index is 1050. The second-order valence-electron chi connectivity index (χ2n) is 6.73. The zero-order valence-electron chi connectivity index (χ0n) is 16.2. The van der Waals surface area contributed by atoms with Crippen LogP contribution in [-0.4, -0.2) is 58.2 Å². The van der Waals surface area contributed by atoms with Gasteiger partial charge in [-0.2, -0.15) is 4.98 Å². The minimum Gasteiger partial charge on any atom is -0.473 e. The van der Waals surface area contributed by atoms with Gasteiger partial charge in [0.15, 0.2) is 0 Å².